The second kappa shape index (κ2) is 8.43. The molecule has 178 valence electrons. The summed E-state index contributed by atoms with van der Waals surface area (Å²) in [4.78, 5) is 40.0. The highest BCUT2D eigenvalue weighted by Gasteiger charge is 2.50. The van der Waals surface area contributed by atoms with Gasteiger partial charge in [0.15, 0.2) is 0 Å². The number of fused-ring (bicyclic) bond motifs is 3. The van der Waals surface area contributed by atoms with Crippen molar-refractivity contribution in [2.75, 3.05) is 17.9 Å². The van der Waals surface area contributed by atoms with Gasteiger partial charge in [-0.2, -0.15) is 0 Å². The lowest BCUT2D eigenvalue weighted by Gasteiger charge is -2.34. The van der Waals surface area contributed by atoms with Crippen molar-refractivity contribution in [1.82, 2.24) is 15.3 Å². The minimum Gasteiger partial charge on any atom is -0.755 e. The van der Waals surface area contributed by atoms with Crippen LogP contribution >= 0.6 is 0 Å². The van der Waals surface area contributed by atoms with Crippen LogP contribution in [0.15, 0.2) is 22.6 Å². The Morgan fingerprint density at radius 3 is 2.64 bits per heavy atom. The Kier molecular flexibility index (Phi) is 5.93. The third-order valence-electron chi connectivity index (χ3n) is 6.53. The number of nitrogens with zero attached hydrogens (tertiary/aromatic N) is 3. The minimum absolute atomic E-state index is 0.0993. The van der Waals surface area contributed by atoms with E-state index in [4.69, 9.17) is 4.42 Å². The molecule has 1 aliphatic heterocycles. The van der Waals surface area contributed by atoms with Crippen LogP contribution in [0, 0.1) is 0 Å². The number of furan rings is 1. The molecule has 0 spiro atoms. The average Bonchev–Trinajstić information content (AvgIpc) is 3.22. The molecule has 12 heteroatoms. The number of aryl methyl sites for hydroxylation is 2. The standard InChI is InChI=1S/C21H26N4O7S/c1-21(2)19(27)24(20(28)23(21)3)11-15(18(26)22-29)25(33(30)31)12-8-9-14-13-6-4-5-7-16(13)32-17(14)10-12/h8-10,15,29H,4-7,11H2,1-3H3,(H,22,26)(H,30,31)/p-1. The molecule has 1 fully saturated rings. The molecule has 2 heterocycles. The molecule has 2 N–H and O–H groups in total. The molecule has 11 nitrogen and oxygen atoms in total. The van der Waals surface area contributed by atoms with Gasteiger partial charge in [-0.15, -0.1) is 0 Å². The van der Waals surface area contributed by atoms with E-state index in [1.807, 2.05) is 0 Å². The van der Waals surface area contributed by atoms with E-state index in [-0.39, 0.29) is 5.69 Å². The fourth-order valence-corrected chi connectivity index (χ4v) is 5.07. The molecule has 0 bridgehead atoms. The van der Waals surface area contributed by atoms with Gasteiger partial charge in [-0.05, 0) is 45.2 Å². The Morgan fingerprint density at radius 2 is 2.03 bits per heavy atom. The Bertz CT molecular complexity index is 1160. The van der Waals surface area contributed by atoms with E-state index in [1.165, 1.54) is 29.6 Å². The second-order valence-electron chi connectivity index (χ2n) is 8.74. The number of hydrogen-bond acceptors (Lipinski definition) is 7. The summed E-state index contributed by atoms with van der Waals surface area (Å²) in [6, 6.07) is 2.49. The Morgan fingerprint density at radius 1 is 1.33 bits per heavy atom. The normalized spacial score (nSPS) is 19.5. The van der Waals surface area contributed by atoms with E-state index < -0.39 is 47.2 Å². The maximum absolute atomic E-state index is 12.8. The van der Waals surface area contributed by atoms with Gasteiger partial charge in [0.2, 0.25) is 0 Å². The number of nitrogens with one attached hydrogen (secondary N) is 1. The first-order chi connectivity index (χ1) is 15.6. The molecule has 1 aliphatic carbocycles. The number of imide groups is 1. The predicted molar refractivity (Wildman–Crippen MR) is 117 cm³/mol. The summed E-state index contributed by atoms with van der Waals surface area (Å²) in [6.45, 7) is 2.51. The number of benzene rings is 1. The zero-order valence-electron chi connectivity index (χ0n) is 18.5. The molecule has 1 aromatic carbocycles. The molecule has 0 radical (unpaired) electrons. The van der Waals surface area contributed by atoms with Crippen LogP contribution in [0.2, 0.25) is 0 Å². The summed E-state index contributed by atoms with van der Waals surface area (Å²) in [5.74, 6) is -0.811. The van der Waals surface area contributed by atoms with E-state index in [0.29, 0.717) is 5.58 Å². The van der Waals surface area contributed by atoms with Crippen molar-refractivity contribution < 1.29 is 32.8 Å². The Balaban J connectivity index is 1.73. The lowest BCUT2D eigenvalue weighted by molar-refractivity contribution is -0.133. The molecule has 1 aromatic heterocycles. The van der Waals surface area contributed by atoms with E-state index in [0.717, 1.165) is 51.6 Å². The van der Waals surface area contributed by atoms with Crippen molar-refractivity contribution in [1.29, 1.82) is 0 Å². The highest BCUT2D eigenvalue weighted by Crippen LogP contribution is 2.35. The largest absolute Gasteiger partial charge is 0.755 e. The lowest BCUT2D eigenvalue weighted by Crippen LogP contribution is -2.54. The fraction of sp³-hybridized carbons (Fsp3) is 0.476. The number of carbonyl (C=O) groups is 3. The van der Waals surface area contributed by atoms with E-state index in [9.17, 15) is 28.4 Å². The van der Waals surface area contributed by atoms with Crippen molar-refractivity contribution in [3.05, 3.63) is 29.5 Å². The van der Waals surface area contributed by atoms with Gasteiger partial charge in [-0.25, -0.2) is 10.3 Å². The number of hydrogen-bond donors (Lipinski definition) is 2. The first-order valence-corrected chi connectivity index (χ1v) is 11.6. The molecular formula is C21H25N4O7S-. The van der Waals surface area contributed by atoms with Crippen molar-refractivity contribution in [2.24, 2.45) is 0 Å². The van der Waals surface area contributed by atoms with Crippen LogP contribution in [0.3, 0.4) is 0 Å². The Labute approximate surface area is 192 Å². The van der Waals surface area contributed by atoms with Crippen LogP contribution in [-0.4, -0.2) is 66.8 Å². The van der Waals surface area contributed by atoms with Crippen LogP contribution < -0.4 is 9.79 Å². The Hall–Kier alpha value is -2.96. The highest BCUT2D eigenvalue weighted by molar-refractivity contribution is 7.80. The van der Waals surface area contributed by atoms with Crippen LogP contribution in [-0.2, 0) is 33.7 Å². The third-order valence-corrected chi connectivity index (χ3v) is 7.32. The summed E-state index contributed by atoms with van der Waals surface area (Å²) in [5.41, 5.74) is 1.96. The van der Waals surface area contributed by atoms with Crippen molar-refractivity contribution in [3.63, 3.8) is 0 Å². The van der Waals surface area contributed by atoms with Crippen LogP contribution in [0.1, 0.15) is 38.0 Å². The first kappa shape index (κ1) is 23.2. The molecule has 2 atom stereocenters. The monoisotopic (exact) mass is 477 g/mol. The number of urea groups is 1. The zero-order chi connectivity index (χ0) is 24.1. The second-order valence-corrected chi connectivity index (χ2v) is 9.57. The number of amides is 4. The molecule has 4 rings (SSSR count). The predicted octanol–water partition coefficient (Wildman–Crippen LogP) is 1.46. The van der Waals surface area contributed by atoms with E-state index in [1.54, 1.807) is 19.9 Å². The van der Waals surface area contributed by atoms with Gasteiger partial charge in [0.25, 0.3) is 11.8 Å². The van der Waals surface area contributed by atoms with Gasteiger partial charge in [0.05, 0.1) is 12.2 Å². The van der Waals surface area contributed by atoms with Gasteiger partial charge in [-0.3, -0.25) is 28.2 Å². The molecule has 2 aliphatic rings. The number of anilines is 1. The van der Waals surface area contributed by atoms with E-state index >= 15 is 0 Å². The molecule has 2 aromatic rings. The van der Waals surface area contributed by atoms with Crippen molar-refractivity contribution >= 4 is 45.8 Å². The van der Waals surface area contributed by atoms with E-state index in [2.05, 4.69) is 0 Å². The van der Waals surface area contributed by atoms with Gasteiger partial charge in [-0.1, -0.05) is 0 Å². The summed E-state index contributed by atoms with van der Waals surface area (Å²) in [7, 11) is 1.44. The summed E-state index contributed by atoms with van der Waals surface area (Å²) >= 11 is -2.98. The highest BCUT2D eigenvalue weighted by atomic mass is 32.2. The topological polar surface area (TPSA) is 146 Å². The molecule has 2 unspecified atom stereocenters. The molecule has 1 saturated heterocycles. The summed E-state index contributed by atoms with van der Waals surface area (Å²) in [5, 5.41) is 10.2. The number of carbonyl (C=O) groups excluding carboxylic acids is 3. The summed E-state index contributed by atoms with van der Waals surface area (Å²) < 4.78 is 31.2. The number of rotatable bonds is 6. The van der Waals surface area contributed by atoms with Crippen molar-refractivity contribution in [3.8, 4) is 0 Å². The SMILES string of the molecule is CN1C(=O)N(CC(C(=O)NO)N(c2ccc3c4c(oc3c2)CCCC4)S(=O)[O-])C(=O)C1(C)C. The molecule has 4 amide bonds. The molecular weight excluding hydrogens is 452 g/mol. The van der Waals surface area contributed by atoms with Gasteiger partial charge in [0.1, 0.15) is 22.9 Å². The van der Waals surface area contributed by atoms with Crippen LogP contribution in [0.25, 0.3) is 11.0 Å². The zero-order valence-corrected chi connectivity index (χ0v) is 19.3. The van der Waals surface area contributed by atoms with Crippen LogP contribution in [0.5, 0.6) is 0 Å². The quantitative estimate of drug-likeness (QED) is 0.277. The number of hydroxylamine groups is 1. The van der Waals surface area contributed by atoms with Gasteiger partial charge < -0.3 is 13.9 Å². The number of likely N-dealkylation sites (N-methyl/N-ethyl adjacent to an activating group) is 1. The van der Waals surface area contributed by atoms with Crippen LogP contribution in [0.4, 0.5) is 10.5 Å². The smallest absolute Gasteiger partial charge is 0.327 e. The van der Waals surface area contributed by atoms with Gasteiger partial charge >= 0.3 is 6.03 Å². The maximum Gasteiger partial charge on any atom is 0.327 e. The van der Waals surface area contributed by atoms with Crippen molar-refractivity contribution in [2.45, 2.75) is 51.1 Å². The fourth-order valence-electron chi connectivity index (χ4n) is 4.41. The minimum atomic E-state index is -2.98. The lowest BCUT2D eigenvalue weighted by atomic mass is 9.96. The summed E-state index contributed by atoms with van der Waals surface area (Å²) in [6.07, 6.45) is 3.73. The molecule has 0 saturated carbocycles. The maximum atomic E-state index is 12.8. The first-order valence-electron chi connectivity index (χ1n) is 10.5. The molecule has 33 heavy (non-hydrogen) atoms. The third kappa shape index (κ3) is 3.77. The average molecular weight is 478 g/mol. The van der Waals surface area contributed by atoms with Gasteiger partial charge in [0, 0.05) is 41.8 Å².